The van der Waals surface area contributed by atoms with E-state index in [2.05, 4.69) is 15.0 Å². The number of aromatic nitrogens is 2. The highest BCUT2D eigenvalue weighted by atomic mass is 32.1. The van der Waals surface area contributed by atoms with E-state index in [9.17, 15) is 9.18 Å². The van der Waals surface area contributed by atoms with Crippen LogP contribution in [0.3, 0.4) is 0 Å². The standard InChI is InChI=1S/C22H25FN4O2S/c1-2-27(15-20-24-21(25-29-20)19-6-4-12-30-19)22(28)17-5-3-11-26(14-17)13-16-7-9-18(23)10-8-16/h4,6-10,12,17H,2-3,5,11,13-15H2,1H3/t17-/m0/s1. The van der Waals surface area contributed by atoms with Gasteiger partial charge in [-0.1, -0.05) is 23.4 Å². The highest BCUT2D eigenvalue weighted by Gasteiger charge is 2.29. The predicted molar refractivity (Wildman–Crippen MR) is 113 cm³/mol. The van der Waals surface area contributed by atoms with Gasteiger partial charge in [-0.05, 0) is 55.5 Å². The van der Waals surface area contributed by atoms with Crippen molar-refractivity contribution in [3.8, 4) is 10.7 Å². The number of amides is 1. The number of likely N-dealkylation sites (tertiary alicyclic amines) is 1. The molecule has 3 aromatic rings. The molecule has 0 unspecified atom stereocenters. The summed E-state index contributed by atoms with van der Waals surface area (Å²) in [6.07, 6.45) is 1.85. The normalized spacial score (nSPS) is 17.2. The smallest absolute Gasteiger partial charge is 0.246 e. The van der Waals surface area contributed by atoms with Crippen molar-refractivity contribution in [1.82, 2.24) is 19.9 Å². The van der Waals surface area contributed by atoms with Crippen LogP contribution in [0.1, 0.15) is 31.2 Å². The Kier molecular flexibility index (Phi) is 6.54. The molecule has 30 heavy (non-hydrogen) atoms. The van der Waals surface area contributed by atoms with Gasteiger partial charge in [0.1, 0.15) is 5.82 Å². The fraction of sp³-hybridized carbons (Fsp3) is 0.409. The number of carbonyl (C=O) groups excluding carboxylic acids is 1. The van der Waals surface area contributed by atoms with Crippen molar-refractivity contribution in [2.24, 2.45) is 5.92 Å². The van der Waals surface area contributed by atoms with Gasteiger partial charge in [0.2, 0.25) is 17.6 Å². The Balaban J connectivity index is 1.37. The Morgan fingerprint density at radius 3 is 2.90 bits per heavy atom. The molecule has 4 rings (SSSR count). The molecule has 1 aliphatic rings. The van der Waals surface area contributed by atoms with Crippen LogP contribution in [0.5, 0.6) is 0 Å². The molecular weight excluding hydrogens is 403 g/mol. The second-order valence-corrected chi connectivity index (χ2v) is 8.49. The zero-order chi connectivity index (χ0) is 20.9. The van der Waals surface area contributed by atoms with E-state index < -0.39 is 0 Å². The van der Waals surface area contributed by atoms with Gasteiger partial charge in [0.05, 0.1) is 17.3 Å². The minimum Gasteiger partial charge on any atom is -0.337 e. The predicted octanol–water partition coefficient (Wildman–Crippen LogP) is 4.20. The van der Waals surface area contributed by atoms with E-state index >= 15 is 0 Å². The number of thiophene rings is 1. The summed E-state index contributed by atoms with van der Waals surface area (Å²) < 4.78 is 18.5. The molecule has 158 valence electrons. The molecule has 2 aromatic heterocycles. The van der Waals surface area contributed by atoms with Crippen molar-refractivity contribution >= 4 is 17.2 Å². The Morgan fingerprint density at radius 2 is 2.17 bits per heavy atom. The van der Waals surface area contributed by atoms with Crippen LogP contribution in [0.2, 0.25) is 0 Å². The molecule has 0 aliphatic carbocycles. The summed E-state index contributed by atoms with van der Waals surface area (Å²) in [6, 6.07) is 10.5. The van der Waals surface area contributed by atoms with Gasteiger partial charge in [-0.3, -0.25) is 9.69 Å². The molecule has 0 spiro atoms. The number of hydrogen-bond donors (Lipinski definition) is 0. The summed E-state index contributed by atoms with van der Waals surface area (Å²) in [5.41, 5.74) is 1.06. The van der Waals surface area contributed by atoms with E-state index in [0.29, 0.717) is 31.3 Å². The van der Waals surface area contributed by atoms with Gasteiger partial charge in [0, 0.05) is 19.6 Å². The van der Waals surface area contributed by atoms with E-state index in [4.69, 9.17) is 4.52 Å². The number of halogens is 1. The third-order valence-electron chi connectivity index (χ3n) is 5.40. The van der Waals surface area contributed by atoms with Crippen LogP contribution in [0.15, 0.2) is 46.3 Å². The first-order chi connectivity index (χ1) is 14.6. The summed E-state index contributed by atoms with van der Waals surface area (Å²) in [6.45, 7) is 5.25. The molecule has 1 saturated heterocycles. The lowest BCUT2D eigenvalue weighted by molar-refractivity contribution is -0.138. The Labute approximate surface area is 179 Å². The maximum absolute atomic E-state index is 13.2. The molecule has 3 heterocycles. The zero-order valence-electron chi connectivity index (χ0n) is 17.0. The van der Waals surface area contributed by atoms with E-state index in [0.717, 1.165) is 36.4 Å². The summed E-state index contributed by atoms with van der Waals surface area (Å²) in [5.74, 6) is 0.850. The SMILES string of the molecule is CCN(Cc1nc(-c2cccs2)no1)C(=O)[C@H]1CCCN(Cc2ccc(F)cc2)C1. The molecule has 1 amide bonds. The first-order valence-electron chi connectivity index (χ1n) is 10.2. The first-order valence-corrected chi connectivity index (χ1v) is 11.1. The second kappa shape index (κ2) is 9.49. The maximum atomic E-state index is 13.2. The number of carbonyl (C=O) groups is 1. The lowest BCUT2D eigenvalue weighted by atomic mass is 9.96. The molecule has 0 N–H and O–H groups in total. The number of piperidine rings is 1. The molecule has 6 nitrogen and oxygen atoms in total. The maximum Gasteiger partial charge on any atom is 0.246 e. The van der Waals surface area contributed by atoms with Crippen molar-refractivity contribution in [1.29, 1.82) is 0 Å². The van der Waals surface area contributed by atoms with E-state index in [1.54, 1.807) is 28.4 Å². The molecule has 0 radical (unpaired) electrons. The largest absolute Gasteiger partial charge is 0.337 e. The number of benzene rings is 1. The molecule has 8 heteroatoms. The fourth-order valence-electron chi connectivity index (χ4n) is 3.84. The summed E-state index contributed by atoms with van der Waals surface area (Å²) in [7, 11) is 0. The molecule has 0 bridgehead atoms. The van der Waals surface area contributed by atoms with Crippen molar-refractivity contribution in [2.45, 2.75) is 32.9 Å². The molecule has 1 fully saturated rings. The van der Waals surface area contributed by atoms with Gasteiger partial charge in [0.25, 0.3) is 0 Å². The Hall–Kier alpha value is -2.58. The lowest BCUT2D eigenvalue weighted by Crippen LogP contribution is -2.44. The number of nitrogens with zero attached hydrogens (tertiary/aromatic N) is 4. The Bertz CT molecular complexity index is 958. The van der Waals surface area contributed by atoms with Crippen LogP contribution >= 0.6 is 11.3 Å². The highest BCUT2D eigenvalue weighted by molar-refractivity contribution is 7.13. The van der Waals surface area contributed by atoms with Gasteiger partial charge in [0.15, 0.2) is 0 Å². The highest BCUT2D eigenvalue weighted by Crippen LogP contribution is 2.24. The third-order valence-corrected chi connectivity index (χ3v) is 6.27. The van der Waals surface area contributed by atoms with Crippen LogP contribution in [0.4, 0.5) is 4.39 Å². The second-order valence-electron chi connectivity index (χ2n) is 7.54. The van der Waals surface area contributed by atoms with Crippen molar-refractivity contribution in [3.63, 3.8) is 0 Å². The van der Waals surface area contributed by atoms with Crippen LogP contribution in [-0.4, -0.2) is 45.5 Å². The molecular formula is C22H25FN4O2S. The van der Waals surface area contributed by atoms with Crippen molar-refractivity contribution < 1.29 is 13.7 Å². The van der Waals surface area contributed by atoms with E-state index in [1.807, 2.05) is 24.4 Å². The lowest BCUT2D eigenvalue weighted by Gasteiger charge is -2.34. The Morgan fingerprint density at radius 1 is 1.33 bits per heavy atom. The van der Waals surface area contributed by atoms with Crippen LogP contribution < -0.4 is 0 Å². The zero-order valence-corrected chi connectivity index (χ0v) is 17.8. The van der Waals surface area contributed by atoms with E-state index in [-0.39, 0.29) is 17.6 Å². The minimum absolute atomic E-state index is 0.0566. The number of hydrogen-bond acceptors (Lipinski definition) is 6. The average molecular weight is 429 g/mol. The fourth-order valence-corrected chi connectivity index (χ4v) is 4.49. The van der Waals surface area contributed by atoms with Crippen LogP contribution in [0, 0.1) is 11.7 Å². The molecule has 1 aromatic carbocycles. The minimum atomic E-state index is -0.229. The van der Waals surface area contributed by atoms with Crippen molar-refractivity contribution in [2.75, 3.05) is 19.6 Å². The topological polar surface area (TPSA) is 62.5 Å². The van der Waals surface area contributed by atoms with Crippen molar-refractivity contribution in [3.05, 3.63) is 59.0 Å². The first kappa shape index (κ1) is 20.7. The third kappa shape index (κ3) is 4.94. The monoisotopic (exact) mass is 428 g/mol. The van der Waals surface area contributed by atoms with Gasteiger partial charge < -0.3 is 9.42 Å². The summed E-state index contributed by atoms with van der Waals surface area (Å²) in [4.78, 5) is 22.6. The van der Waals surface area contributed by atoms with Gasteiger partial charge in [-0.15, -0.1) is 11.3 Å². The molecule has 1 atom stereocenters. The van der Waals surface area contributed by atoms with Gasteiger partial charge >= 0.3 is 0 Å². The molecule has 1 aliphatic heterocycles. The average Bonchev–Trinajstić information content (AvgIpc) is 3.45. The quantitative estimate of drug-likeness (QED) is 0.564. The molecule has 0 saturated carbocycles. The van der Waals surface area contributed by atoms with Gasteiger partial charge in [-0.25, -0.2) is 4.39 Å². The van der Waals surface area contributed by atoms with Gasteiger partial charge in [-0.2, -0.15) is 4.98 Å². The van der Waals surface area contributed by atoms with Crippen LogP contribution in [0.25, 0.3) is 10.7 Å². The summed E-state index contributed by atoms with van der Waals surface area (Å²) in [5, 5.41) is 6.00. The summed E-state index contributed by atoms with van der Waals surface area (Å²) >= 11 is 1.55. The van der Waals surface area contributed by atoms with Crippen LogP contribution in [-0.2, 0) is 17.9 Å². The number of rotatable bonds is 7. The van der Waals surface area contributed by atoms with E-state index in [1.165, 1.54) is 12.1 Å².